The van der Waals surface area contributed by atoms with Gasteiger partial charge < -0.3 is 15.1 Å². The van der Waals surface area contributed by atoms with E-state index >= 15 is 0 Å². The summed E-state index contributed by atoms with van der Waals surface area (Å²) in [6, 6.07) is 8.50. The topological polar surface area (TPSA) is 71.3 Å². The van der Waals surface area contributed by atoms with Crippen LogP contribution in [0.1, 0.15) is 16.9 Å². The predicted octanol–water partition coefficient (Wildman–Crippen LogP) is 2.80. The Kier molecular flexibility index (Phi) is 5.82. The number of carbonyl (C=O) groups excluding carboxylic acids is 2. The van der Waals surface area contributed by atoms with Gasteiger partial charge in [0.25, 0.3) is 0 Å². The van der Waals surface area contributed by atoms with Crippen LogP contribution in [-0.2, 0) is 16.0 Å². The Morgan fingerprint density at radius 3 is 2.43 bits per heavy atom. The van der Waals surface area contributed by atoms with Crippen LogP contribution in [0.15, 0.2) is 41.0 Å². The minimum absolute atomic E-state index is 0.203. The number of aryl methyl sites for hydroxylation is 2. The average Bonchev–Trinajstić information content (AvgIpc) is 3.03. The van der Waals surface area contributed by atoms with Crippen molar-refractivity contribution in [3.05, 3.63) is 53.5 Å². The highest BCUT2D eigenvalue weighted by atomic mass is 35.5. The fraction of sp³-hybridized carbons (Fsp3) is 0.294. The van der Waals surface area contributed by atoms with Crippen LogP contribution in [0.2, 0.25) is 0 Å². The monoisotopic (exact) mass is 334 g/mol. The molecule has 1 heterocycles. The van der Waals surface area contributed by atoms with Crippen molar-refractivity contribution in [2.24, 2.45) is 0 Å². The molecule has 1 aromatic heterocycles. The average molecular weight is 335 g/mol. The highest BCUT2D eigenvalue weighted by Crippen LogP contribution is 2.20. The van der Waals surface area contributed by atoms with Gasteiger partial charge >= 0.3 is 0 Å². The van der Waals surface area contributed by atoms with Gasteiger partial charge in [-0.3, -0.25) is 9.59 Å². The summed E-state index contributed by atoms with van der Waals surface area (Å²) in [5.41, 5.74) is 2.67. The van der Waals surface area contributed by atoms with Gasteiger partial charge in [0.1, 0.15) is 17.7 Å². The van der Waals surface area contributed by atoms with Gasteiger partial charge in [-0.25, -0.2) is 0 Å². The Bertz CT molecular complexity index is 663. The summed E-state index contributed by atoms with van der Waals surface area (Å²) >= 11 is 5.53. The Morgan fingerprint density at radius 1 is 1.17 bits per heavy atom. The SMILES string of the molecule is Cc1cccc(C)c1NC(=O)[C@H](Cc1ccco1)NC(=O)CCl. The number of benzene rings is 1. The van der Waals surface area contributed by atoms with Gasteiger partial charge in [0.2, 0.25) is 11.8 Å². The minimum atomic E-state index is -0.758. The first-order valence-electron chi connectivity index (χ1n) is 7.26. The molecule has 0 fully saturated rings. The standard InChI is InChI=1S/C17H19ClN2O3/c1-11-5-3-6-12(2)16(11)20-17(22)14(19-15(21)10-18)9-13-7-4-8-23-13/h3-8,14H,9-10H2,1-2H3,(H,19,21)(H,20,22)/t14-/m0/s1. The number of para-hydroxylation sites is 1. The highest BCUT2D eigenvalue weighted by molar-refractivity contribution is 6.27. The Morgan fingerprint density at radius 2 is 1.87 bits per heavy atom. The molecule has 0 aliphatic heterocycles. The number of nitrogens with one attached hydrogen (secondary N) is 2. The van der Waals surface area contributed by atoms with Crippen molar-refractivity contribution in [3.63, 3.8) is 0 Å². The zero-order valence-electron chi connectivity index (χ0n) is 13.1. The molecule has 2 rings (SSSR count). The summed E-state index contributed by atoms with van der Waals surface area (Å²) in [6.45, 7) is 3.84. The lowest BCUT2D eigenvalue weighted by molar-refractivity contribution is -0.125. The smallest absolute Gasteiger partial charge is 0.247 e. The van der Waals surface area contributed by atoms with Crippen molar-refractivity contribution in [1.82, 2.24) is 5.32 Å². The molecular weight excluding hydrogens is 316 g/mol. The van der Waals surface area contributed by atoms with E-state index in [1.54, 1.807) is 12.1 Å². The van der Waals surface area contributed by atoms with Crippen molar-refractivity contribution in [2.45, 2.75) is 26.3 Å². The molecule has 2 amide bonds. The Balaban J connectivity index is 2.16. The van der Waals surface area contributed by atoms with Crippen LogP contribution in [0.3, 0.4) is 0 Å². The number of anilines is 1. The number of carbonyl (C=O) groups is 2. The molecule has 2 aromatic rings. The predicted molar refractivity (Wildman–Crippen MR) is 89.6 cm³/mol. The van der Waals surface area contributed by atoms with Gasteiger partial charge in [0.05, 0.1) is 6.26 Å². The number of hydrogen-bond donors (Lipinski definition) is 2. The second-order valence-corrected chi connectivity index (χ2v) is 5.56. The van der Waals surface area contributed by atoms with Gasteiger partial charge in [-0.2, -0.15) is 0 Å². The van der Waals surface area contributed by atoms with Gasteiger partial charge in [0.15, 0.2) is 0 Å². The molecule has 0 spiro atoms. The number of furan rings is 1. The quantitative estimate of drug-likeness (QED) is 0.798. The van der Waals surface area contributed by atoms with Crippen LogP contribution < -0.4 is 10.6 Å². The lowest BCUT2D eigenvalue weighted by Gasteiger charge is -2.19. The third-order valence-electron chi connectivity index (χ3n) is 3.49. The lowest BCUT2D eigenvalue weighted by Crippen LogP contribution is -2.45. The summed E-state index contributed by atoms with van der Waals surface area (Å²) in [7, 11) is 0. The van der Waals surface area contributed by atoms with E-state index in [4.69, 9.17) is 16.0 Å². The largest absolute Gasteiger partial charge is 0.469 e. The van der Waals surface area contributed by atoms with E-state index in [1.165, 1.54) is 6.26 Å². The van der Waals surface area contributed by atoms with E-state index in [2.05, 4.69) is 10.6 Å². The summed E-state index contributed by atoms with van der Waals surface area (Å²) < 4.78 is 5.26. The van der Waals surface area contributed by atoms with Gasteiger partial charge in [0, 0.05) is 12.1 Å². The molecule has 0 saturated heterocycles. The maximum Gasteiger partial charge on any atom is 0.247 e. The molecular formula is C17H19ClN2O3. The van der Waals surface area contributed by atoms with Gasteiger partial charge in [-0.15, -0.1) is 11.6 Å². The number of halogens is 1. The third kappa shape index (κ3) is 4.60. The Labute approximate surface area is 140 Å². The molecule has 1 aromatic carbocycles. The van der Waals surface area contributed by atoms with Crippen molar-refractivity contribution < 1.29 is 14.0 Å². The maximum absolute atomic E-state index is 12.6. The molecule has 0 radical (unpaired) electrons. The van der Waals surface area contributed by atoms with E-state index < -0.39 is 11.9 Å². The van der Waals surface area contributed by atoms with Crippen molar-refractivity contribution >= 4 is 29.1 Å². The molecule has 0 aliphatic carbocycles. The highest BCUT2D eigenvalue weighted by Gasteiger charge is 2.23. The second kappa shape index (κ2) is 7.83. The fourth-order valence-corrected chi connectivity index (χ4v) is 2.37. The Hall–Kier alpha value is -2.27. The first kappa shape index (κ1) is 17.1. The molecule has 0 unspecified atom stereocenters. The third-order valence-corrected chi connectivity index (χ3v) is 3.73. The van der Waals surface area contributed by atoms with Crippen LogP contribution in [0.25, 0.3) is 0 Å². The summed E-state index contributed by atoms with van der Waals surface area (Å²) in [5, 5.41) is 5.50. The van der Waals surface area contributed by atoms with E-state index in [9.17, 15) is 9.59 Å². The molecule has 2 N–H and O–H groups in total. The van der Waals surface area contributed by atoms with Crippen LogP contribution in [0.4, 0.5) is 5.69 Å². The maximum atomic E-state index is 12.6. The van der Waals surface area contributed by atoms with Crippen LogP contribution in [0, 0.1) is 13.8 Å². The van der Waals surface area contributed by atoms with E-state index in [0.717, 1.165) is 16.8 Å². The van der Waals surface area contributed by atoms with Crippen LogP contribution in [0.5, 0.6) is 0 Å². The molecule has 6 heteroatoms. The number of alkyl halides is 1. The second-order valence-electron chi connectivity index (χ2n) is 5.29. The van der Waals surface area contributed by atoms with E-state index in [1.807, 2.05) is 32.0 Å². The van der Waals surface area contributed by atoms with Crippen LogP contribution >= 0.6 is 11.6 Å². The molecule has 1 atom stereocenters. The number of hydrogen-bond acceptors (Lipinski definition) is 3. The van der Waals surface area contributed by atoms with Crippen molar-refractivity contribution in [3.8, 4) is 0 Å². The van der Waals surface area contributed by atoms with Gasteiger partial charge in [-0.1, -0.05) is 18.2 Å². The summed E-state index contributed by atoms with van der Waals surface area (Å²) in [5.74, 6) is -0.301. The normalized spacial score (nSPS) is 11.8. The molecule has 0 aliphatic rings. The minimum Gasteiger partial charge on any atom is -0.469 e. The lowest BCUT2D eigenvalue weighted by atomic mass is 10.1. The zero-order chi connectivity index (χ0) is 16.8. The van der Waals surface area contributed by atoms with Crippen molar-refractivity contribution in [2.75, 3.05) is 11.2 Å². The first-order chi connectivity index (χ1) is 11.0. The molecule has 23 heavy (non-hydrogen) atoms. The van der Waals surface area contributed by atoms with Gasteiger partial charge in [-0.05, 0) is 37.1 Å². The zero-order valence-corrected chi connectivity index (χ0v) is 13.8. The van der Waals surface area contributed by atoms with E-state index in [-0.39, 0.29) is 18.2 Å². The number of amides is 2. The molecule has 0 saturated carbocycles. The molecule has 0 bridgehead atoms. The fourth-order valence-electron chi connectivity index (χ4n) is 2.29. The number of rotatable bonds is 6. The first-order valence-corrected chi connectivity index (χ1v) is 7.79. The molecule has 5 nitrogen and oxygen atoms in total. The molecule has 122 valence electrons. The summed E-state index contributed by atoms with van der Waals surface area (Å²) in [6.07, 6.45) is 1.78. The summed E-state index contributed by atoms with van der Waals surface area (Å²) in [4.78, 5) is 24.2. The van der Waals surface area contributed by atoms with Crippen LogP contribution in [-0.4, -0.2) is 23.7 Å². The van der Waals surface area contributed by atoms with E-state index in [0.29, 0.717) is 5.76 Å². The van der Waals surface area contributed by atoms with Crippen molar-refractivity contribution in [1.29, 1.82) is 0 Å².